The number of hydrogen-bond donors (Lipinski definition) is 2. The molecule has 0 aromatic carbocycles. The molecule has 1 unspecified atom stereocenters. The van der Waals surface area contributed by atoms with E-state index in [-0.39, 0.29) is 18.4 Å². The van der Waals surface area contributed by atoms with Crippen molar-refractivity contribution < 1.29 is 14.3 Å². The molecule has 1 atom stereocenters. The number of furan rings is 1. The summed E-state index contributed by atoms with van der Waals surface area (Å²) in [6, 6.07) is 3.29. The van der Waals surface area contributed by atoms with Gasteiger partial charge in [0.05, 0.1) is 6.26 Å². The molecule has 1 amide bonds. The first-order chi connectivity index (χ1) is 6.74. The van der Waals surface area contributed by atoms with Gasteiger partial charge in [-0.05, 0) is 24.5 Å². The van der Waals surface area contributed by atoms with Crippen molar-refractivity contribution in [2.45, 2.75) is 13.3 Å². The lowest BCUT2D eigenvalue weighted by atomic mass is 10.1. The Balaban J connectivity index is 2.28. The molecule has 0 saturated heterocycles. The lowest BCUT2D eigenvalue weighted by molar-refractivity contribution is 0.0917. The molecule has 2 N–H and O–H groups in total. The van der Waals surface area contributed by atoms with Gasteiger partial charge in [0.1, 0.15) is 0 Å². The van der Waals surface area contributed by atoms with Crippen LogP contribution in [0.5, 0.6) is 0 Å². The second kappa shape index (κ2) is 5.44. The molecule has 1 aromatic heterocycles. The average molecular weight is 197 g/mol. The summed E-state index contributed by atoms with van der Waals surface area (Å²) in [7, 11) is 0. The van der Waals surface area contributed by atoms with E-state index in [0.717, 1.165) is 0 Å². The van der Waals surface area contributed by atoms with Crippen molar-refractivity contribution in [1.82, 2.24) is 5.32 Å². The minimum atomic E-state index is -0.209. The summed E-state index contributed by atoms with van der Waals surface area (Å²) in [6.07, 6.45) is 2.16. The monoisotopic (exact) mass is 197 g/mol. The number of carbonyl (C=O) groups excluding carboxylic acids is 1. The van der Waals surface area contributed by atoms with Gasteiger partial charge in [-0.15, -0.1) is 0 Å². The Bertz CT molecular complexity index is 269. The maximum absolute atomic E-state index is 11.3. The molecule has 0 aliphatic heterocycles. The van der Waals surface area contributed by atoms with E-state index in [1.165, 1.54) is 6.26 Å². The summed E-state index contributed by atoms with van der Waals surface area (Å²) in [4.78, 5) is 11.3. The molecule has 4 nitrogen and oxygen atoms in total. The molecule has 1 aromatic rings. The Labute approximate surface area is 82.9 Å². The van der Waals surface area contributed by atoms with Crippen molar-refractivity contribution in [2.75, 3.05) is 13.2 Å². The maximum atomic E-state index is 11.3. The van der Waals surface area contributed by atoms with Gasteiger partial charge in [-0.3, -0.25) is 4.79 Å². The number of amides is 1. The maximum Gasteiger partial charge on any atom is 0.286 e. The van der Waals surface area contributed by atoms with Gasteiger partial charge >= 0.3 is 0 Å². The normalized spacial score (nSPS) is 12.4. The number of aliphatic hydroxyl groups excluding tert-OH is 1. The SMILES string of the molecule is CC(CCO)CNC(=O)c1ccco1. The Morgan fingerprint density at radius 1 is 1.71 bits per heavy atom. The summed E-state index contributed by atoms with van der Waals surface area (Å²) in [5.74, 6) is 0.389. The fourth-order valence-electron chi connectivity index (χ4n) is 1.08. The molecule has 0 radical (unpaired) electrons. The largest absolute Gasteiger partial charge is 0.459 e. The van der Waals surface area contributed by atoms with Crippen molar-refractivity contribution >= 4 is 5.91 Å². The molecular formula is C10H15NO3. The second-order valence-electron chi connectivity index (χ2n) is 3.30. The third-order valence-corrected chi connectivity index (χ3v) is 1.98. The number of hydrogen-bond acceptors (Lipinski definition) is 3. The summed E-state index contributed by atoms with van der Waals surface area (Å²) < 4.78 is 4.93. The molecule has 14 heavy (non-hydrogen) atoms. The fourth-order valence-corrected chi connectivity index (χ4v) is 1.08. The second-order valence-corrected chi connectivity index (χ2v) is 3.30. The third kappa shape index (κ3) is 3.22. The van der Waals surface area contributed by atoms with Crippen molar-refractivity contribution in [2.24, 2.45) is 5.92 Å². The quantitative estimate of drug-likeness (QED) is 0.741. The number of aliphatic hydroxyl groups is 1. The van der Waals surface area contributed by atoms with Crippen LogP contribution in [0.4, 0.5) is 0 Å². The fraction of sp³-hybridized carbons (Fsp3) is 0.500. The predicted molar refractivity (Wildman–Crippen MR) is 51.9 cm³/mol. The van der Waals surface area contributed by atoms with Crippen molar-refractivity contribution in [1.29, 1.82) is 0 Å². The van der Waals surface area contributed by atoms with Crippen LogP contribution >= 0.6 is 0 Å². The van der Waals surface area contributed by atoms with Crippen LogP contribution in [0.1, 0.15) is 23.9 Å². The van der Waals surface area contributed by atoms with Crippen LogP contribution in [0.3, 0.4) is 0 Å². The van der Waals surface area contributed by atoms with Crippen LogP contribution in [-0.4, -0.2) is 24.2 Å². The van der Waals surface area contributed by atoms with Crippen molar-refractivity contribution in [3.63, 3.8) is 0 Å². The Hall–Kier alpha value is -1.29. The van der Waals surface area contributed by atoms with E-state index in [9.17, 15) is 4.79 Å². The zero-order chi connectivity index (χ0) is 10.4. The van der Waals surface area contributed by atoms with Crippen LogP contribution < -0.4 is 5.32 Å². The molecule has 78 valence electrons. The first-order valence-electron chi connectivity index (χ1n) is 4.66. The highest BCUT2D eigenvalue weighted by Gasteiger charge is 2.09. The number of rotatable bonds is 5. The zero-order valence-electron chi connectivity index (χ0n) is 8.19. The molecule has 0 fully saturated rings. The highest BCUT2D eigenvalue weighted by atomic mass is 16.3. The van der Waals surface area contributed by atoms with E-state index in [1.54, 1.807) is 12.1 Å². The van der Waals surface area contributed by atoms with Crippen molar-refractivity contribution in [3.05, 3.63) is 24.2 Å². The number of carbonyl (C=O) groups is 1. The van der Waals surface area contributed by atoms with E-state index in [0.29, 0.717) is 18.7 Å². The van der Waals surface area contributed by atoms with Crippen molar-refractivity contribution in [3.8, 4) is 0 Å². The van der Waals surface area contributed by atoms with Gasteiger partial charge in [-0.1, -0.05) is 6.92 Å². The third-order valence-electron chi connectivity index (χ3n) is 1.98. The lowest BCUT2D eigenvalue weighted by Gasteiger charge is -2.09. The van der Waals surface area contributed by atoms with E-state index < -0.39 is 0 Å². The molecule has 0 bridgehead atoms. The Morgan fingerprint density at radius 2 is 2.50 bits per heavy atom. The van der Waals surface area contributed by atoms with Gasteiger partial charge in [-0.25, -0.2) is 0 Å². The van der Waals surface area contributed by atoms with Crippen LogP contribution in [-0.2, 0) is 0 Å². The van der Waals surface area contributed by atoms with Gasteiger partial charge < -0.3 is 14.8 Å². The first-order valence-corrected chi connectivity index (χ1v) is 4.66. The van der Waals surface area contributed by atoms with E-state index in [2.05, 4.69) is 5.32 Å². The van der Waals surface area contributed by atoms with E-state index in [4.69, 9.17) is 9.52 Å². The van der Waals surface area contributed by atoms with Gasteiger partial charge in [0, 0.05) is 13.2 Å². The highest BCUT2D eigenvalue weighted by Crippen LogP contribution is 2.01. The van der Waals surface area contributed by atoms with Crippen LogP contribution in [0.2, 0.25) is 0 Å². The van der Waals surface area contributed by atoms with Gasteiger partial charge in [-0.2, -0.15) is 0 Å². The van der Waals surface area contributed by atoms with Crippen LogP contribution in [0, 0.1) is 5.92 Å². The minimum Gasteiger partial charge on any atom is -0.459 e. The van der Waals surface area contributed by atoms with Gasteiger partial charge in [0.15, 0.2) is 5.76 Å². The molecule has 1 rings (SSSR count). The summed E-state index contributed by atoms with van der Waals surface area (Å²) in [5, 5.41) is 11.4. The number of nitrogens with one attached hydrogen (secondary N) is 1. The lowest BCUT2D eigenvalue weighted by Crippen LogP contribution is -2.28. The standard InChI is InChI=1S/C10H15NO3/c1-8(4-5-12)7-11-10(13)9-3-2-6-14-9/h2-3,6,8,12H,4-5,7H2,1H3,(H,11,13). The molecule has 0 aliphatic carbocycles. The van der Waals surface area contributed by atoms with E-state index >= 15 is 0 Å². The molecular weight excluding hydrogens is 182 g/mol. The van der Waals surface area contributed by atoms with Gasteiger partial charge in [0.25, 0.3) is 5.91 Å². The first kappa shape index (κ1) is 10.8. The summed E-state index contributed by atoms with van der Waals surface area (Å²) in [5.41, 5.74) is 0. The smallest absolute Gasteiger partial charge is 0.286 e. The Kier molecular flexibility index (Phi) is 4.19. The molecule has 0 aliphatic rings. The van der Waals surface area contributed by atoms with E-state index in [1.807, 2.05) is 6.92 Å². The molecule has 1 heterocycles. The van der Waals surface area contributed by atoms with Gasteiger partial charge in [0.2, 0.25) is 0 Å². The molecule has 0 spiro atoms. The minimum absolute atomic E-state index is 0.151. The Morgan fingerprint density at radius 3 is 3.07 bits per heavy atom. The topological polar surface area (TPSA) is 62.5 Å². The zero-order valence-corrected chi connectivity index (χ0v) is 8.19. The summed E-state index contributed by atoms with van der Waals surface area (Å²) in [6.45, 7) is 2.68. The summed E-state index contributed by atoms with van der Waals surface area (Å²) >= 11 is 0. The van der Waals surface area contributed by atoms with Crippen LogP contribution in [0.15, 0.2) is 22.8 Å². The van der Waals surface area contributed by atoms with Crippen LogP contribution in [0.25, 0.3) is 0 Å². The predicted octanol–water partition coefficient (Wildman–Crippen LogP) is 1.03. The highest BCUT2D eigenvalue weighted by molar-refractivity contribution is 5.91. The molecule has 0 saturated carbocycles. The average Bonchev–Trinajstić information content (AvgIpc) is 2.67. The molecule has 4 heteroatoms.